The summed E-state index contributed by atoms with van der Waals surface area (Å²) in [6, 6.07) is 16.9. The second kappa shape index (κ2) is 6.10. The van der Waals surface area contributed by atoms with Crippen molar-refractivity contribution in [1.29, 1.82) is 0 Å². The minimum atomic E-state index is 0.742. The van der Waals surface area contributed by atoms with E-state index in [0.717, 1.165) is 37.3 Å². The van der Waals surface area contributed by atoms with Crippen LogP contribution < -0.4 is 5.73 Å². The zero-order valence-electron chi connectivity index (χ0n) is 12.4. The first-order valence-corrected chi connectivity index (χ1v) is 7.52. The van der Waals surface area contributed by atoms with E-state index in [0.29, 0.717) is 0 Å². The predicted molar refractivity (Wildman–Crippen MR) is 88.2 cm³/mol. The third-order valence-corrected chi connectivity index (χ3v) is 3.77. The lowest BCUT2D eigenvalue weighted by Crippen LogP contribution is -2.04. The van der Waals surface area contributed by atoms with E-state index in [1.165, 1.54) is 16.6 Å². The SMILES string of the molecule is Cc1cccc(-c2nc3ccccc3n2CCCCN)c1. The minimum absolute atomic E-state index is 0.742. The Labute approximate surface area is 125 Å². The van der Waals surface area contributed by atoms with E-state index in [-0.39, 0.29) is 0 Å². The molecule has 3 rings (SSSR count). The molecule has 3 aromatic rings. The van der Waals surface area contributed by atoms with Gasteiger partial charge in [0.15, 0.2) is 0 Å². The van der Waals surface area contributed by atoms with E-state index in [1.807, 2.05) is 6.07 Å². The van der Waals surface area contributed by atoms with Crippen molar-refractivity contribution >= 4 is 11.0 Å². The van der Waals surface area contributed by atoms with Crippen LogP contribution >= 0.6 is 0 Å². The first-order valence-electron chi connectivity index (χ1n) is 7.52. The number of hydrogen-bond donors (Lipinski definition) is 1. The van der Waals surface area contributed by atoms with E-state index in [4.69, 9.17) is 10.7 Å². The number of fused-ring (bicyclic) bond motifs is 1. The molecule has 3 nitrogen and oxygen atoms in total. The van der Waals surface area contributed by atoms with Crippen LogP contribution in [0.3, 0.4) is 0 Å². The summed E-state index contributed by atoms with van der Waals surface area (Å²) in [6.07, 6.45) is 2.12. The van der Waals surface area contributed by atoms with Gasteiger partial charge in [-0.15, -0.1) is 0 Å². The van der Waals surface area contributed by atoms with E-state index < -0.39 is 0 Å². The molecule has 2 aromatic carbocycles. The fraction of sp³-hybridized carbons (Fsp3) is 0.278. The van der Waals surface area contributed by atoms with Gasteiger partial charge in [-0.1, -0.05) is 35.9 Å². The molecule has 0 bridgehead atoms. The molecule has 3 heteroatoms. The van der Waals surface area contributed by atoms with Gasteiger partial charge in [0.2, 0.25) is 0 Å². The van der Waals surface area contributed by atoms with Crippen molar-refractivity contribution in [1.82, 2.24) is 9.55 Å². The number of nitrogens with zero attached hydrogens (tertiary/aromatic N) is 2. The molecule has 0 aliphatic heterocycles. The van der Waals surface area contributed by atoms with Gasteiger partial charge in [-0.05, 0) is 44.5 Å². The molecule has 21 heavy (non-hydrogen) atoms. The van der Waals surface area contributed by atoms with Crippen LogP contribution in [0.1, 0.15) is 18.4 Å². The van der Waals surface area contributed by atoms with Gasteiger partial charge in [0.1, 0.15) is 5.82 Å². The average Bonchev–Trinajstić information content (AvgIpc) is 2.87. The summed E-state index contributed by atoms with van der Waals surface area (Å²) >= 11 is 0. The molecular formula is C18H21N3. The molecule has 2 N–H and O–H groups in total. The van der Waals surface area contributed by atoms with E-state index >= 15 is 0 Å². The number of rotatable bonds is 5. The maximum Gasteiger partial charge on any atom is 0.141 e. The zero-order chi connectivity index (χ0) is 14.7. The molecule has 1 aromatic heterocycles. The number of para-hydroxylation sites is 2. The van der Waals surface area contributed by atoms with Crippen molar-refractivity contribution in [3.8, 4) is 11.4 Å². The van der Waals surface area contributed by atoms with Gasteiger partial charge in [-0.3, -0.25) is 0 Å². The van der Waals surface area contributed by atoms with Crippen LogP contribution in [-0.4, -0.2) is 16.1 Å². The number of imidazole rings is 1. The van der Waals surface area contributed by atoms with Gasteiger partial charge in [0, 0.05) is 12.1 Å². The molecule has 0 aliphatic carbocycles. The normalized spacial score (nSPS) is 11.1. The highest BCUT2D eigenvalue weighted by Gasteiger charge is 2.11. The van der Waals surface area contributed by atoms with Gasteiger partial charge in [0.05, 0.1) is 11.0 Å². The summed E-state index contributed by atoms with van der Waals surface area (Å²) in [7, 11) is 0. The molecule has 0 amide bonds. The van der Waals surface area contributed by atoms with Crippen molar-refractivity contribution in [2.75, 3.05) is 6.54 Å². The summed E-state index contributed by atoms with van der Waals surface area (Å²) in [6.45, 7) is 3.82. The maximum atomic E-state index is 5.62. The Balaban J connectivity index is 2.09. The van der Waals surface area contributed by atoms with Crippen LogP contribution in [0.5, 0.6) is 0 Å². The minimum Gasteiger partial charge on any atom is -0.330 e. The highest BCUT2D eigenvalue weighted by atomic mass is 15.1. The Hall–Kier alpha value is -2.13. The molecule has 0 fully saturated rings. The highest BCUT2D eigenvalue weighted by Crippen LogP contribution is 2.25. The van der Waals surface area contributed by atoms with Crippen molar-refractivity contribution < 1.29 is 0 Å². The summed E-state index contributed by atoms with van der Waals surface area (Å²) in [5.74, 6) is 1.05. The molecule has 0 atom stereocenters. The monoisotopic (exact) mass is 279 g/mol. The van der Waals surface area contributed by atoms with Gasteiger partial charge >= 0.3 is 0 Å². The van der Waals surface area contributed by atoms with Crippen LogP contribution in [-0.2, 0) is 6.54 Å². The Kier molecular flexibility index (Phi) is 4.02. The number of aromatic nitrogens is 2. The van der Waals surface area contributed by atoms with E-state index in [9.17, 15) is 0 Å². The lowest BCUT2D eigenvalue weighted by atomic mass is 10.1. The van der Waals surface area contributed by atoms with Crippen LogP contribution in [0.25, 0.3) is 22.4 Å². The Bertz CT molecular complexity index is 743. The number of hydrogen-bond acceptors (Lipinski definition) is 2. The third-order valence-electron chi connectivity index (χ3n) is 3.77. The van der Waals surface area contributed by atoms with E-state index in [1.54, 1.807) is 0 Å². The molecule has 0 spiro atoms. The molecule has 0 unspecified atom stereocenters. The van der Waals surface area contributed by atoms with Crippen molar-refractivity contribution in [2.24, 2.45) is 5.73 Å². The predicted octanol–water partition coefficient (Wildman–Crippen LogP) is 3.75. The van der Waals surface area contributed by atoms with E-state index in [2.05, 4.69) is 54.0 Å². The average molecular weight is 279 g/mol. The summed E-state index contributed by atoms with van der Waals surface area (Å²) < 4.78 is 2.32. The van der Waals surface area contributed by atoms with Crippen LogP contribution in [0.15, 0.2) is 48.5 Å². The van der Waals surface area contributed by atoms with Gasteiger partial charge in [0.25, 0.3) is 0 Å². The van der Waals surface area contributed by atoms with Gasteiger partial charge in [-0.25, -0.2) is 4.98 Å². The number of nitrogens with two attached hydrogens (primary N) is 1. The molecule has 0 radical (unpaired) electrons. The van der Waals surface area contributed by atoms with Gasteiger partial charge in [-0.2, -0.15) is 0 Å². The zero-order valence-corrected chi connectivity index (χ0v) is 12.4. The summed E-state index contributed by atoms with van der Waals surface area (Å²) in [4.78, 5) is 4.83. The third kappa shape index (κ3) is 2.83. The molecular weight excluding hydrogens is 258 g/mol. The highest BCUT2D eigenvalue weighted by molar-refractivity contribution is 5.80. The lowest BCUT2D eigenvalue weighted by Gasteiger charge is -2.09. The largest absolute Gasteiger partial charge is 0.330 e. The summed E-state index contributed by atoms with van der Waals surface area (Å²) in [5.41, 5.74) is 10.3. The molecule has 108 valence electrons. The molecule has 0 saturated carbocycles. The number of unbranched alkanes of at least 4 members (excludes halogenated alkanes) is 1. The van der Waals surface area contributed by atoms with Crippen molar-refractivity contribution in [3.05, 3.63) is 54.1 Å². The smallest absolute Gasteiger partial charge is 0.141 e. The molecule has 0 aliphatic rings. The topological polar surface area (TPSA) is 43.8 Å². The molecule has 1 heterocycles. The van der Waals surface area contributed by atoms with Crippen LogP contribution in [0, 0.1) is 6.92 Å². The van der Waals surface area contributed by atoms with Crippen molar-refractivity contribution in [3.63, 3.8) is 0 Å². The van der Waals surface area contributed by atoms with Crippen molar-refractivity contribution in [2.45, 2.75) is 26.3 Å². The first kappa shape index (κ1) is 13.8. The summed E-state index contributed by atoms with van der Waals surface area (Å²) in [5, 5.41) is 0. The van der Waals surface area contributed by atoms with Gasteiger partial charge < -0.3 is 10.3 Å². The van der Waals surface area contributed by atoms with Crippen LogP contribution in [0.2, 0.25) is 0 Å². The van der Waals surface area contributed by atoms with Crippen LogP contribution in [0.4, 0.5) is 0 Å². The fourth-order valence-corrected chi connectivity index (χ4v) is 2.72. The second-order valence-electron chi connectivity index (χ2n) is 5.44. The Morgan fingerprint density at radius 3 is 2.71 bits per heavy atom. The first-order chi connectivity index (χ1) is 10.3. The number of aryl methyl sites for hydroxylation is 2. The maximum absolute atomic E-state index is 5.62. The number of benzene rings is 2. The molecule has 0 saturated heterocycles. The Morgan fingerprint density at radius 1 is 1.05 bits per heavy atom. The second-order valence-corrected chi connectivity index (χ2v) is 5.44. The standard InChI is InChI=1S/C18H21N3/c1-14-7-6-8-15(13-14)18-20-16-9-2-3-10-17(16)21(18)12-5-4-11-19/h2-3,6-10,13H,4-5,11-12,19H2,1H3. The quantitative estimate of drug-likeness (QED) is 0.723. The lowest BCUT2D eigenvalue weighted by molar-refractivity contribution is 0.631. The fourth-order valence-electron chi connectivity index (χ4n) is 2.72. The Morgan fingerprint density at radius 2 is 1.90 bits per heavy atom.